The number of rotatable bonds is 7. The minimum atomic E-state index is -1.02. The van der Waals surface area contributed by atoms with Crippen molar-refractivity contribution in [3.63, 3.8) is 0 Å². The summed E-state index contributed by atoms with van der Waals surface area (Å²) in [7, 11) is 2.94. The summed E-state index contributed by atoms with van der Waals surface area (Å²) in [4.78, 5) is 36.5. The molecule has 9 nitrogen and oxygen atoms in total. The lowest BCUT2D eigenvalue weighted by atomic mass is 10.2. The Labute approximate surface area is 210 Å². The zero-order valence-corrected chi connectivity index (χ0v) is 20.0. The SMILES string of the molecule is COc1ccc(C(=O)Oc2ccc(/C=N/NC(=O)C(=O)Nc3cc(Cl)ccc3Cl)cc2OC)cc1. The standard InChI is InChI=1S/C24H19Cl2N3O6/c1-33-17-7-4-15(5-8-17)24(32)35-20-10-3-14(11-21(20)34-2)13-27-29-23(31)22(30)28-19-12-16(25)6-9-18(19)26/h3-13H,1-2H3,(H,28,30)(H,29,31)/b27-13+. The molecule has 3 aromatic rings. The molecule has 0 aromatic heterocycles. The monoisotopic (exact) mass is 515 g/mol. The van der Waals surface area contributed by atoms with Crippen molar-refractivity contribution < 1.29 is 28.6 Å². The second-order valence-corrected chi connectivity index (χ2v) is 7.65. The molecule has 0 fully saturated rings. The molecule has 0 unspecified atom stereocenters. The number of hydrogen-bond donors (Lipinski definition) is 2. The molecule has 0 spiro atoms. The van der Waals surface area contributed by atoms with Gasteiger partial charge in [0.1, 0.15) is 5.75 Å². The minimum absolute atomic E-state index is 0.187. The van der Waals surface area contributed by atoms with Gasteiger partial charge in [-0.3, -0.25) is 9.59 Å². The maximum Gasteiger partial charge on any atom is 0.343 e. The fourth-order valence-electron chi connectivity index (χ4n) is 2.72. The number of amides is 2. The third-order valence-corrected chi connectivity index (χ3v) is 5.04. The van der Waals surface area contributed by atoms with Crippen molar-refractivity contribution >= 4 is 52.9 Å². The van der Waals surface area contributed by atoms with Crippen LogP contribution in [0.3, 0.4) is 0 Å². The molecule has 35 heavy (non-hydrogen) atoms. The molecular formula is C24H19Cl2N3O6. The molecule has 0 bridgehead atoms. The van der Waals surface area contributed by atoms with Gasteiger partial charge < -0.3 is 19.5 Å². The molecule has 0 aliphatic heterocycles. The van der Waals surface area contributed by atoms with Gasteiger partial charge in [-0.2, -0.15) is 5.10 Å². The van der Waals surface area contributed by atoms with Crippen LogP contribution in [0.1, 0.15) is 15.9 Å². The first-order chi connectivity index (χ1) is 16.8. The third kappa shape index (κ3) is 6.95. The van der Waals surface area contributed by atoms with Crippen molar-refractivity contribution in [1.29, 1.82) is 0 Å². The largest absolute Gasteiger partial charge is 0.497 e. The van der Waals surface area contributed by atoms with Crippen LogP contribution in [0.25, 0.3) is 0 Å². The summed E-state index contributed by atoms with van der Waals surface area (Å²) >= 11 is 11.8. The smallest absolute Gasteiger partial charge is 0.343 e. The first-order valence-corrected chi connectivity index (χ1v) is 10.7. The Morgan fingerprint density at radius 2 is 1.60 bits per heavy atom. The van der Waals surface area contributed by atoms with Gasteiger partial charge in [-0.1, -0.05) is 23.2 Å². The number of methoxy groups -OCH3 is 2. The number of benzene rings is 3. The molecule has 3 rings (SSSR count). The molecule has 2 amide bonds. The molecular weight excluding hydrogens is 497 g/mol. The molecule has 0 atom stereocenters. The van der Waals surface area contributed by atoms with Gasteiger partial charge in [-0.05, 0) is 66.2 Å². The lowest BCUT2D eigenvalue weighted by Gasteiger charge is -2.10. The first-order valence-electron chi connectivity index (χ1n) is 9.94. The van der Waals surface area contributed by atoms with E-state index in [0.717, 1.165) is 0 Å². The van der Waals surface area contributed by atoms with Crippen LogP contribution in [0.4, 0.5) is 5.69 Å². The summed E-state index contributed by atoms with van der Waals surface area (Å²) in [6.07, 6.45) is 1.29. The predicted molar refractivity (Wildman–Crippen MR) is 132 cm³/mol. The number of carbonyl (C=O) groups excluding carboxylic acids is 3. The van der Waals surface area contributed by atoms with Crippen molar-refractivity contribution in [2.24, 2.45) is 5.10 Å². The average Bonchev–Trinajstić information content (AvgIpc) is 2.86. The van der Waals surface area contributed by atoms with E-state index in [2.05, 4.69) is 15.8 Å². The number of hydrogen-bond acceptors (Lipinski definition) is 7. The van der Waals surface area contributed by atoms with Gasteiger partial charge >= 0.3 is 17.8 Å². The molecule has 11 heteroatoms. The number of halogens is 2. The van der Waals surface area contributed by atoms with Crippen molar-refractivity contribution in [2.75, 3.05) is 19.5 Å². The van der Waals surface area contributed by atoms with Gasteiger partial charge in [-0.15, -0.1) is 0 Å². The van der Waals surface area contributed by atoms with Crippen LogP contribution in [0.15, 0.2) is 65.8 Å². The van der Waals surface area contributed by atoms with Crippen molar-refractivity contribution in [3.05, 3.63) is 81.8 Å². The Bertz CT molecular complexity index is 1280. The molecule has 2 N–H and O–H groups in total. The van der Waals surface area contributed by atoms with Crippen LogP contribution >= 0.6 is 23.2 Å². The highest BCUT2D eigenvalue weighted by atomic mass is 35.5. The van der Waals surface area contributed by atoms with Crippen LogP contribution in [0.5, 0.6) is 17.2 Å². The predicted octanol–water partition coefficient (Wildman–Crippen LogP) is 4.32. The lowest BCUT2D eigenvalue weighted by Crippen LogP contribution is -2.32. The van der Waals surface area contributed by atoms with Crippen LogP contribution in [-0.4, -0.2) is 38.2 Å². The van der Waals surface area contributed by atoms with Crippen LogP contribution in [0, 0.1) is 0 Å². The van der Waals surface area contributed by atoms with Crippen molar-refractivity contribution in [1.82, 2.24) is 5.43 Å². The number of ether oxygens (including phenoxy) is 3. The van der Waals surface area contributed by atoms with Gasteiger partial charge in [0.25, 0.3) is 0 Å². The molecule has 3 aromatic carbocycles. The molecule has 0 aliphatic rings. The van der Waals surface area contributed by atoms with E-state index in [-0.39, 0.29) is 22.2 Å². The molecule has 0 saturated heterocycles. The molecule has 0 heterocycles. The minimum Gasteiger partial charge on any atom is -0.497 e. The van der Waals surface area contributed by atoms with Gasteiger partial charge in [0.15, 0.2) is 11.5 Å². The van der Waals surface area contributed by atoms with E-state index in [9.17, 15) is 14.4 Å². The zero-order valence-electron chi connectivity index (χ0n) is 18.5. The van der Waals surface area contributed by atoms with Gasteiger partial charge in [0.2, 0.25) is 0 Å². The summed E-state index contributed by atoms with van der Waals surface area (Å²) < 4.78 is 15.8. The van der Waals surface area contributed by atoms with Gasteiger partial charge in [0, 0.05) is 5.02 Å². The summed E-state index contributed by atoms with van der Waals surface area (Å²) in [6, 6.07) is 15.5. The summed E-state index contributed by atoms with van der Waals surface area (Å²) in [6.45, 7) is 0. The Kier molecular flexibility index (Phi) is 8.66. The Balaban J connectivity index is 1.61. The first kappa shape index (κ1) is 25.5. The van der Waals surface area contributed by atoms with Crippen LogP contribution < -0.4 is 25.0 Å². The fraction of sp³-hybridized carbons (Fsp3) is 0.0833. The Morgan fingerprint density at radius 1 is 0.857 bits per heavy atom. The van der Waals surface area contributed by atoms with E-state index in [1.165, 1.54) is 44.7 Å². The van der Waals surface area contributed by atoms with Gasteiger partial charge in [0.05, 0.1) is 36.7 Å². The van der Waals surface area contributed by atoms with E-state index in [1.54, 1.807) is 36.4 Å². The number of hydrazone groups is 1. The topological polar surface area (TPSA) is 115 Å². The second-order valence-electron chi connectivity index (χ2n) is 6.81. The van der Waals surface area contributed by atoms with Crippen LogP contribution in [-0.2, 0) is 9.59 Å². The second kappa shape index (κ2) is 11.9. The highest BCUT2D eigenvalue weighted by Gasteiger charge is 2.15. The molecule has 0 radical (unpaired) electrons. The Hall–Kier alpha value is -4.08. The average molecular weight is 516 g/mol. The zero-order chi connectivity index (χ0) is 25.4. The Morgan fingerprint density at radius 3 is 2.29 bits per heavy atom. The summed E-state index contributed by atoms with van der Waals surface area (Å²) in [5.74, 6) is -1.52. The quantitative estimate of drug-likeness (QED) is 0.159. The molecule has 0 saturated carbocycles. The summed E-state index contributed by atoms with van der Waals surface area (Å²) in [5, 5.41) is 6.67. The maximum atomic E-state index is 12.4. The highest BCUT2D eigenvalue weighted by Crippen LogP contribution is 2.29. The molecule has 180 valence electrons. The third-order valence-electron chi connectivity index (χ3n) is 4.48. The van der Waals surface area contributed by atoms with E-state index in [1.807, 2.05) is 0 Å². The number of esters is 1. The highest BCUT2D eigenvalue weighted by molar-refractivity contribution is 6.42. The number of nitrogens with zero attached hydrogens (tertiary/aromatic N) is 1. The van der Waals surface area contributed by atoms with E-state index >= 15 is 0 Å². The normalized spacial score (nSPS) is 10.5. The van der Waals surface area contributed by atoms with E-state index in [4.69, 9.17) is 37.4 Å². The lowest BCUT2D eigenvalue weighted by molar-refractivity contribution is -0.136. The van der Waals surface area contributed by atoms with Crippen molar-refractivity contribution in [3.8, 4) is 17.2 Å². The fourth-order valence-corrected chi connectivity index (χ4v) is 3.06. The number of anilines is 1. The van der Waals surface area contributed by atoms with Crippen LogP contribution in [0.2, 0.25) is 10.0 Å². The van der Waals surface area contributed by atoms with E-state index < -0.39 is 17.8 Å². The summed E-state index contributed by atoms with van der Waals surface area (Å²) in [5.41, 5.74) is 3.13. The maximum absolute atomic E-state index is 12.4. The van der Waals surface area contributed by atoms with Crippen molar-refractivity contribution in [2.45, 2.75) is 0 Å². The molecule has 0 aliphatic carbocycles. The van der Waals surface area contributed by atoms with Gasteiger partial charge in [-0.25, -0.2) is 10.2 Å². The number of carbonyl (C=O) groups is 3. The number of nitrogens with one attached hydrogen (secondary N) is 2. The van der Waals surface area contributed by atoms with E-state index in [0.29, 0.717) is 21.9 Å².